The summed E-state index contributed by atoms with van der Waals surface area (Å²) in [6.07, 6.45) is -3.23. The second-order valence-corrected chi connectivity index (χ2v) is 5.76. The molecule has 0 aromatic carbocycles. The van der Waals surface area contributed by atoms with E-state index in [1.54, 1.807) is 0 Å². The van der Waals surface area contributed by atoms with Crippen molar-refractivity contribution in [3.8, 4) is 0 Å². The molecule has 3 nitrogen and oxygen atoms in total. The molecule has 0 fully saturated rings. The maximum atomic E-state index is 11.8. The van der Waals surface area contributed by atoms with Crippen molar-refractivity contribution in [3.05, 3.63) is 16.1 Å². The van der Waals surface area contributed by atoms with Crippen LogP contribution in [-0.4, -0.2) is 29.9 Å². The Balaban J connectivity index is 2.32. The number of rotatable bonds is 6. The van der Waals surface area contributed by atoms with Crippen LogP contribution in [0.3, 0.4) is 0 Å². The van der Waals surface area contributed by atoms with Crippen molar-refractivity contribution in [3.63, 3.8) is 0 Å². The molecule has 0 spiro atoms. The highest BCUT2D eigenvalue weighted by molar-refractivity contribution is 7.09. The second-order valence-electron chi connectivity index (χ2n) is 4.82. The van der Waals surface area contributed by atoms with Crippen LogP contribution in [-0.2, 0) is 17.6 Å². The number of hydrogen-bond donors (Lipinski definition) is 1. The van der Waals surface area contributed by atoms with E-state index in [2.05, 4.69) is 9.72 Å². The lowest BCUT2D eigenvalue weighted by Gasteiger charge is -2.16. The predicted octanol–water partition coefficient (Wildman–Crippen LogP) is 2.54. The Kier molecular flexibility index (Phi) is 5.12. The number of hydrogen-bond acceptors (Lipinski definition) is 4. The van der Waals surface area contributed by atoms with Crippen LogP contribution in [0.1, 0.15) is 24.5 Å². The third kappa shape index (κ3) is 6.93. The van der Waals surface area contributed by atoms with E-state index in [1.165, 1.54) is 11.3 Å². The number of ether oxygens (including phenoxy) is 1. The largest absolute Gasteiger partial charge is 0.411 e. The van der Waals surface area contributed by atoms with Gasteiger partial charge in [0.05, 0.1) is 17.3 Å². The molecule has 1 aromatic heterocycles. The highest BCUT2D eigenvalue weighted by atomic mass is 32.1. The van der Waals surface area contributed by atoms with Crippen LogP contribution in [0.5, 0.6) is 0 Å². The van der Waals surface area contributed by atoms with Gasteiger partial charge < -0.3 is 10.5 Å². The summed E-state index contributed by atoms with van der Waals surface area (Å²) in [6, 6.07) is 0. The monoisotopic (exact) mass is 282 g/mol. The van der Waals surface area contributed by atoms with Gasteiger partial charge in [0.25, 0.3) is 0 Å². The Morgan fingerprint density at radius 1 is 1.39 bits per heavy atom. The maximum Gasteiger partial charge on any atom is 0.411 e. The third-order valence-corrected chi connectivity index (χ3v) is 2.92. The second kappa shape index (κ2) is 5.99. The van der Waals surface area contributed by atoms with Gasteiger partial charge in [-0.05, 0) is 13.8 Å². The Bertz CT molecular complexity index is 371. The molecule has 0 atom stereocenters. The molecule has 0 aliphatic heterocycles. The number of thiazole rings is 1. The van der Waals surface area contributed by atoms with Gasteiger partial charge in [0.2, 0.25) is 0 Å². The van der Waals surface area contributed by atoms with E-state index in [4.69, 9.17) is 5.73 Å². The van der Waals surface area contributed by atoms with Crippen molar-refractivity contribution >= 4 is 11.3 Å². The lowest BCUT2D eigenvalue weighted by atomic mass is 10.0. The number of nitrogens with two attached hydrogens (primary N) is 1. The van der Waals surface area contributed by atoms with Gasteiger partial charge in [-0.25, -0.2) is 4.98 Å². The van der Waals surface area contributed by atoms with Crippen molar-refractivity contribution in [2.24, 2.45) is 5.73 Å². The fourth-order valence-electron chi connectivity index (χ4n) is 1.36. The molecular weight excluding hydrogens is 265 g/mol. The molecule has 0 unspecified atom stereocenters. The average molecular weight is 282 g/mol. The SMILES string of the molecule is CC(C)(N)Cc1csc(CCOCC(F)(F)F)n1. The minimum Gasteiger partial charge on any atom is -0.372 e. The van der Waals surface area contributed by atoms with Gasteiger partial charge in [-0.3, -0.25) is 0 Å². The minimum absolute atomic E-state index is 0.0263. The molecule has 0 aliphatic rings. The predicted molar refractivity (Wildman–Crippen MR) is 64.7 cm³/mol. The van der Waals surface area contributed by atoms with E-state index in [9.17, 15) is 13.2 Å². The van der Waals surface area contributed by atoms with E-state index in [1.807, 2.05) is 19.2 Å². The molecule has 1 aromatic rings. The molecule has 0 saturated heterocycles. The number of halogens is 3. The standard InChI is InChI=1S/C11H17F3N2OS/c1-10(2,15)5-8-6-18-9(16-8)3-4-17-7-11(12,13)14/h6H,3-5,7,15H2,1-2H3. The van der Waals surface area contributed by atoms with Gasteiger partial charge in [0.1, 0.15) is 6.61 Å². The Morgan fingerprint density at radius 3 is 2.61 bits per heavy atom. The lowest BCUT2D eigenvalue weighted by molar-refractivity contribution is -0.173. The summed E-state index contributed by atoms with van der Waals surface area (Å²) in [5.74, 6) is 0. The molecule has 0 bridgehead atoms. The first-order valence-electron chi connectivity index (χ1n) is 5.52. The molecule has 0 aliphatic carbocycles. The molecule has 0 amide bonds. The number of alkyl halides is 3. The molecule has 104 valence electrons. The lowest BCUT2D eigenvalue weighted by Crippen LogP contribution is -2.34. The van der Waals surface area contributed by atoms with Crippen LogP contribution in [0.15, 0.2) is 5.38 Å². The van der Waals surface area contributed by atoms with Gasteiger partial charge in [-0.1, -0.05) is 0 Å². The van der Waals surface area contributed by atoms with Crippen LogP contribution in [0.4, 0.5) is 13.2 Å². The summed E-state index contributed by atoms with van der Waals surface area (Å²) in [7, 11) is 0. The van der Waals surface area contributed by atoms with Crippen LogP contribution in [0, 0.1) is 0 Å². The van der Waals surface area contributed by atoms with Crippen LogP contribution in [0.2, 0.25) is 0 Å². The van der Waals surface area contributed by atoms with E-state index in [0.717, 1.165) is 10.7 Å². The molecule has 1 heterocycles. The van der Waals surface area contributed by atoms with Crippen molar-refractivity contribution in [1.29, 1.82) is 0 Å². The summed E-state index contributed by atoms with van der Waals surface area (Å²) in [5, 5.41) is 2.66. The normalized spacial score (nSPS) is 13.0. The summed E-state index contributed by atoms with van der Waals surface area (Å²) in [5.41, 5.74) is 6.40. The van der Waals surface area contributed by atoms with Gasteiger partial charge in [-0.15, -0.1) is 11.3 Å². The fraction of sp³-hybridized carbons (Fsp3) is 0.727. The summed E-state index contributed by atoms with van der Waals surface area (Å²) in [6.45, 7) is 2.62. The molecule has 2 N–H and O–H groups in total. The number of aromatic nitrogens is 1. The summed E-state index contributed by atoms with van der Waals surface area (Å²) in [4.78, 5) is 4.31. The Morgan fingerprint density at radius 2 is 2.06 bits per heavy atom. The summed E-state index contributed by atoms with van der Waals surface area (Å²) >= 11 is 1.42. The minimum atomic E-state index is -4.27. The van der Waals surface area contributed by atoms with E-state index >= 15 is 0 Å². The van der Waals surface area contributed by atoms with Gasteiger partial charge in [0.15, 0.2) is 0 Å². The molecule has 0 saturated carbocycles. The topological polar surface area (TPSA) is 48.1 Å². The van der Waals surface area contributed by atoms with E-state index in [-0.39, 0.29) is 12.1 Å². The van der Waals surface area contributed by atoms with Crippen molar-refractivity contribution in [1.82, 2.24) is 4.98 Å². The van der Waals surface area contributed by atoms with Crippen LogP contribution < -0.4 is 5.73 Å². The Labute approximate surface area is 108 Å². The maximum absolute atomic E-state index is 11.8. The average Bonchev–Trinajstić information content (AvgIpc) is 2.56. The Hall–Kier alpha value is -0.660. The zero-order valence-electron chi connectivity index (χ0n) is 10.4. The zero-order chi connectivity index (χ0) is 13.8. The van der Waals surface area contributed by atoms with E-state index in [0.29, 0.717) is 12.8 Å². The molecule has 0 radical (unpaired) electrons. The highest BCUT2D eigenvalue weighted by Crippen LogP contribution is 2.17. The summed E-state index contributed by atoms with van der Waals surface area (Å²) < 4.78 is 40.0. The first-order chi connectivity index (χ1) is 8.16. The van der Waals surface area contributed by atoms with Crippen molar-refractivity contribution in [2.75, 3.05) is 13.2 Å². The molecular formula is C11H17F3N2OS. The number of nitrogens with zero attached hydrogens (tertiary/aromatic N) is 1. The van der Waals surface area contributed by atoms with E-state index < -0.39 is 12.8 Å². The molecule has 7 heteroatoms. The van der Waals surface area contributed by atoms with Crippen molar-refractivity contribution in [2.45, 2.75) is 38.4 Å². The van der Waals surface area contributed by atoms with Gasteiger partial charge >= 0.3 is 6.18 Å². The fourth-order valence-corrected chi connectivity index (χ4v) is 2.14. The molecule has 18 heavy (non-hydrogen) atoms. The van der Waals surface area contributed by atoms with Crippen molar-refractivity contribution < 1.29 is 17.9 Å². The van der Waals surface area contributed by atoms with Gasteiger partial charge in [0, 0.05) is 23.8 Å². The highest BCUT2D eigenvalue weighted by Gasteiger charge is 2.27. The third-order valence-electron chi connectivity index (χ3n) is 1.96. The van der Waals surface area contributed by atoms with Crippen LogP contribution >= 0.6 is 11.3 Å². The van der Waals surface area contributed by atoms with Gasteiger partial charge in [-0.2, -0.15) is 13.2 Å². The first kappa shape index (κ1) is 15.4. The van der Waals surface area contributed by atoms with Crippen LogP contribution in [0.25, 0.3) is 0 Å². The first-order valence-corrected chi connectivity index (χ1v) is 6.40. The molecule has 1 rings (SSSR count). The quantitative estimate of drug-likeness (QED) is 0.816. The zero-order valence-corrected chi connectivity index (χ0v) is 11.2. The smallest absolute Gasteiger partial charge is 0.372 e.